The average molecular weight is 239 g/mol. The van der Waals surface area contributed by atoms with E-state index in [1.807, 2.05) is 30.3 Å². The Kier molecular flexibility index (Phi) is 1.67. The van der Waals surface area contributed by atoms with Crippen molar-refractivity contribution in [1.82, 2.24) is 19.8 Å². The summed E-state index contributed by atoms with van der Waals surface area (Å²) in [6.07, 6.45) is 0. The maximum absolute atomic E-state index is 5.72. The first kappa shape index (κ1) is 9.41. The van der Waals surface area contributed by atoms with Gasteiger partial charge in [0.15, 0.2) is 5.65 Å². The predicted molar refractivity (Wildman–Crippen MR) is 65.0 cm³/mol. The van der Waals surface area contributed by atoms with E-state index < -0.39 is 0 Å². The molecule has 1 aliphatic rings. The lowest BCUT2D eigenvalue weighted by Gasteiger charge is -2.19. The summed E-state index contributed by atoms with van der Waals surface area (Å²) >= 11 is 0. The van der Waals surface area contributed by atoms with Crippen LogP contribution in [0.2, 0.25) is 0 Å². The topological polar surface area (TPSA) is 78.3 Å². The fourth-order valence-electron chi connectivity index (χ4n) is 2.17. The molecule has 2 N–H and O–H groups in total. The van der Waals surface area contributed by atoms with Gasteiger partial charge in [-0.25, -0.2) is 0 Å². The lowest BCUT2D eigenvalue weighted by atomic mass is 10.0. The number of ether oxygens (including phenoxy) is 1. The maximum Gasteiger partial charge on any atom is 0.243 e. The first-order chi connectivity index (χ1) is 8.83. The summed E-state index contributed by atoms with van der Waals surface area (Å²) in [7, 11) is 0. The number of benzene rings is 1. The Bertz CT molecular complexity index is 764. The molecule has 1 aliphatic heterocycles. The van der Waals surface area contributed by atoms with Crippen LogP contribution in [0.1, 0.15) is 5.56 Å². The van der Waals surface area contributed by atoms with E-state index in [1.165, 1.54) is 0 Å². The summed E-state index contributed by atoms with van der Waals surface area (Å²) in [5.41, 5.74) is 9.19. The molecule has 0 amide bonds. The molecule has 6 heteroatoms. The van der Waals surface area contributed by atoms with Gasteiger partial charge >= 0.3 is 0 Å². The van der Waals surface area contributed by atoms with Gasteiger partial charge in [0.2, 0.25) is 5.95 Å². The SMILES string of the molecule is Nc1nnc2cc3c(nn12)-c1ccccc1OC3. The third-order valence-electron chi connectivity index (χ3n) is 3.02. The van der Waals surface area contributed by atoms with Gasteiger partial charge in [0.25, 0.3) is 0 Å². The van der Waals surface area contributed by atoms with Crippen molar-refractivity contribution in [2.75, 3.05) is 5.73 Å². The van der Waals surface area contributed by atoms with Gasteiger partial charge < -0.3 is 10.5 Å². The van der Waals surface area contributed by atoms with Crippen molar-refractivity contribution >= 4 is 11.6 Å². The van der Waals surface area contributed by atoms with Crippen LogP contribution in [0, 0.1) is 0 Å². The third kappa shape index (κ3) is 1.14. The van der Waals surface area contributed by atoms with Gasteiger partial charge in [-0.15, -0.1) is 10.2 Å². The molecule has 2 aromatic heterocycles. The highest BCUT2D eigenvalue weighted by Gasteiger charge is 2.20. The highest BCUT2D eigenvalue weighted by Crippen LogP contribution is 2.35. The predicted octanol–water partition coefficient (Wildman–Crippen LogP) is 1.27. The van der Waals surface area contributed by atoms with Crippen LogP contribution in [0.15, 0.2) is 30.3 Å². The van der Waals surface area contributed by atoms with Crippen molar-refractivity contribution < 1.29 is 4.74 Å². The minimum atomic E-state index is 0.289. The highest BCUT2D eigenvalue weighted by atomic mass is 16.5. The van der Waals surface area contributed by atoms with Crippen molar-refractivity contribution in [2.45, 2.75) is 6.61 Å². The van der Waals surface area contributed by atoms with E-state index in [0.717, 1.165) is 22.6 Å². The molecule has 3 aromatic rings. The third-order valence-corrected chi connectivity index (χ3v) is 3.02. The van der Waals surface area contributed by atoms with Crippen molar-refractivity contribution in [3.05, 3.63) is 35.9 Å². The number of fused-ring (bicyclic) bond motifs is 4. The van der Waals surface area contributed by atoms with E-state index >= 15 is 0 Å². The van der Waals surface area contributed by atoms with Gasteiger partial charge in [-0.05, 0) is 18.2 Å². The Hall–Kier alpha value is -2.63. The number of aromatic nitrogens is 4. The quantitative estimate of drug-likeness (QED) is 0.639. The molecule has 0 bridgehead atoms. The summed E-state index contributed by atoms with van der Waals surface area (Å²) in [5.74, 6) is 1.13. The Labute approximate surface area is 102 Å². The van der Waals surface area contributed by atoms with Crippen LogP contribution in [0.5, 0.6) is 5.75 Å². The summed E-state index contributed by atoms with van der Waals surface area (Å²) in [5, 5.41) is 12.3. The highest BCUT2D eigenvalue weighted by molar-refractivity contribution is 5.72. The van der Waals surface area contributed by atoms with E-state index in [-0.39, 0.29) is 5.95 Å². The van der Waals surface area contributed by atoms with E-state index in [1.54, 1.807) is 4.52 Å². The van der Waals surface area contributed by atoms with Crippen molar-refractivity contribution in [2.24, 2.45) is 0 Å². The maximum atomic E-state index is 5.72. The second-order valence-corrected chi connectivity index (χ2v) is 4.13. The number of para-hydroxylation sites is 1. The van der Waals surface area contributed by atoms with E-state index in [4.69, 9.17) is 10.5 Å². The Morgan fingerprint density at radius 1 is 1.22 bits per heavy atom. The van der Waals surface area contributed by atoms with Crippen LogP contribution in [-0.4, -0.2) is 19.8 Å². The molecule has 0 spiro atoms. The fraction of sp³-hybridized carbons (Fsp3) is 0.0833. The minimum absolute atomic E-state index is 0.289. The van der Waals surface area contributed by atoms with Crippen LogP contribution in [0.4, 0.5) is 5.95 Å². The molecule has 4 rings (SSSR count). The van der Waals surface area contributed by atoms with Gasteiger partial charge in [-0.2, -0.15) is 9.61 Å². The molecule has 88 valence electrons. The van der Waals surface area contributed by atoms with Crippen LogP contribution < -0.4 is 10.5 Å². The van der Waals surface area contributed by atoms with Crippen LogP contribution >= 0.6 is 0 Å². The van der Waals surface area contributed by atoms with Crippen molar-refractivity contribution in [1.29, 1.82) is 0 Å². The summed E-state index contributed by atoms with van der Waals surface area (Å²) in [4.78, 5) is 0. The molecule has 0 radical (unpaired) electrons. The second-order valence-electron chi connectivity index (χ2n) is 4.13. The smallest absolute Gasteiger partial charge is 0.243 e. The molecule has 0 atom stereocenters. The second kappa shape index (κ2) is 3.19. The largest absolute Gasteiger partial charge is 0.488 e. The summed E-state index contributed by atoms with van der Waals surface area (Å²) < 4.78 is 7.22. The first-order valence-corrected chi connectivity index (χ1v) is 5.56. The molecule has 6 nitrogen and oxygen atoms in total. The van der Waals surface area contributed by atoms with Gasteiger partial charge in [-0.1, -0.05) is 12.1 Å². The van der Waals surface area contributed by atoms with Gasteiger partial charge in [0, 0.05) is 11.1 Å². The molecule has 3 heterocycles. The molecule has 0 fully saturated rings. The first-order valence-electron chi connectivity index (χ1n) is 5.56. The minimum Gasteiger partial charge on any atom is -0.488 e. The zero-order valence-corrected chi connectivity index (χ0v) is 9.37. The number of nitrogen functional groups attached to an aromatic ring is 1. The molecule has 0 saturated heterocycles. The Morgan fingerprint density at radius 2 is 2.11 bits per heavy atom. The molecule has 0 aliphatic carbocycles. The van der Waals surface area contributed by atoms with Crippen molar-refractivity contribution in [3.63, 3.8) is 0 Å². The standard InChI is InChI=1S/C12H9N5O/c13-12-15-14-10-5-7-6-18-9-4-2-1-3-8(9)11(7)16-17(10)12/h1-5H,6H2,(H2,13,15). The number of hydrogen-bond donors (Lipinski definition) is 1. The van der Waals surface area contributed by atoms with E-state index in [0.29, 0.717) is 12.3 Å². The Morgan fingerprint density at radius 3 is 3.06 bits per heavy atom. The van der Waals surface area contributed by atoms with Crippen LogP contribution in [-0.2, 0) is 6.61 Å². The molecular formula is C12H9N5O. The van der Waals surface area contributed by atoms with E-state index in [2.05, 4.69) is 15.3 Å². The summed E-state index contributed by atoms with van der Waals surface area (Å²) in [6, 6.07) is 9.71. The number of anilines is 1. The van der Waals surface area contributed by atoms with E-state index in [9.17, 15) is 0 Å². The van der Waals surface area contributed by atoms with Crippen LogP contribution in [0.3, 0.4) is 0 Å². The monoisotopic (exact) mass is 239 g/mol. The summed E-state index contributed by atoms with van der Waals surface area (Å²) in [6.45, 7) is 0.489. The van der Waals surface area contributed by atoms with Gasteiger partial charge in [-0.3, -0.25) is 0 Å². The lowest BCUT2D eigenvalue weighted by Crippen LogP contribution is -2.10. The average Bonchev–Trinajstić information content (AvgIpc) is 2.78. The molecule has 0 saturated carbocycles. The molecule has 0 unspecified atom stereocenters. The number of nitrogens with zero attached hydrogens (tertiary/aromatic N) is 4. The van der Waals surface area contributed by atoms with Crippen LogP contribution in [0.25, 0.3) is 16.9 Å². The number of hydrogen-bond acceptors (Lipinski definition) is 5. The Balaban J connectivity index is 2.08. The molecule has 1 aromatic carbocycles. The zero-order valence-electron chi connectivity index (χ0n) is 9.37. The lowest BCUT2D eigenvalue weighted by molar-refractivity contribution is 0.301. The van der Waals surface area contributed by atoms with Gasteiger partial charge in [0.1, 0.15) is 18.1 Å². The molecular weight excluding hydrogens is 230 g/mol. The normalized spacial score (nSPS) is 12.9. The van der Waals surface area contributed by atoms with Crippen molar-refractivity contribution in [3.8, 4) is 17.0 Å². The van der Waals surface area contributed by atoms with Gasteiger partial charge in [0.05, 0.1) is 0 Å². The number of rotatable bonds is 0. The number of nitrogens with two attached hydrogens (primary N) is 1. The zero-order chi connectivity index (χ0) is 12.1. The molecule has 18 heavy (non-hydrogen) atoms. The fourth-order valence-corrected chi connectivity index (χ4v) is 2.17.